The van der Waals surface area contributed by atoms with Crippen LogP contribution in [0.4, 0.5) is 0 Å². The zero-order chi connectivity index (χ0) is 21.7. The van der Waals surface area contributed by atoms with Gasteiger partial charge in [0.1, 0.15) is 12.4 Å². The van der Waals surface area contributed by atoms with Crippen LogP contribution in [-0.4, -0.2) is 55.9 Å². The minimum Gasteiger partial charge on any atom is -0.492 e. The van der Waals surface area contributed by atoms with Crippen molar-refractivity contribution in [1.82, 2.24) is 4.90 Å². The first kappa shape index (κ1) is 22.8. The van der Waals surface area contributed by atoms with E-state index in [1.54, 1.807) is 0 Å². The fourth-order valence-electron chi connectivity index (χ4n) is 3.68. The Kier molecular flexibility index (Phi) is 7.70. The molecule has 0 amide bonds. The lowest BCUT2D eigenvalue weighted by molar-refractivity contribution is 0.0322. The van der Waals surface area contributed by atoms with E-state index in [4.69, 9.17) is 9.47 Å². The lowest BCUT2D eigenvalue weighted by Crippen LogP contribution is -2.38. The van der Waals surface area contributed by atoms with Crippen molar-refractivity contribution >= 4 is 35.2 Å². The Morgan fingerprint density at radius 1 is 1.03 bits per heavy atom. The highest BCUT2D eigenvalue weighted by Gasteiger charge is 2.23. The van der Waals surface area contributed by atoms with Crippen LogP contribution in [0.25, 0.3) is 11.6 Å². The van der Waals surface area contributed by atoms with Crippen molar-refractivity contribution < 1.29 is 9.47 Å². The lowest BCUT2D eigenvalue weighted by atomic mass is 10.0. The number of thioether (sulfide) groups is 2. The third-order valence-electron chi connectivity index (χ3n) is 5.68. The third kappa shape index (κ3) is 6.55. The van der Waals surface area contributed by atoms with Crippen LogP contribution in [0.2, 0.25) is 0 Å². The van der Waals surface area contributed by atoms with Gasteiger partial charge >= 0.3 is 0 Å². The topological polar surface area (TPSA) is 21.7 Å². The monoisotopic (exact) mass is 455 g/mol. The van der Waals surface area contributed by atoms with Gasteiger partial charge in [0, 0.05) is 40.9 Å². The normalized spacial score (nSPS) is 19.5. The van der Waals surface area contributed by atoms with Crippen molar-refractivity contribution in [2.24, 2.45) is 5.41 Å². The highest BCUT2D eigenvalue weighted by Crippen LogP contribution is 2.43. The van der Waals surface area contributed by atoms with Gasteiger partial charge in [-0.05, 0) is 53.3 Å². The smallest absolute Gasteiger partial charge is 0.119 e. The minimum absolute atomic E-state index is 0.380. The molecule has 0 saturated carbocycles. The van der Waals surface area contributed by atoms with Crippen LogP contribution in [0, 0.1) is 5.41 Å². The second-order valence-corrected chi connectivity index (χ2v) is 11.1. The zero-order valence-electron chi connectivity index (χ0n) is 18.9. The van der Waals surface area contributed by atoms with Crippen molar-refractivity contribution in [3.63, 3.8) is 0 Å². The van der Waals surface area contributed by atoms with Gasteiger partial charge < -0.3 is 9.47 Å². The summed E-state index contributed by atoms with van der Waals surface area (Å²) in [5.74, 6) is 3.29. The molecule has 2 aliphatic rings. The maximum absolute atomic E-state index is 5.94. The molecule has 0 aromatic heterocycles. The Bertz CT molecular complexity index is 902. The second kappa shape index (κ2) is 10.5. The SMILES string of the molecule is CC(=Cc1ccc(OCCN2CCOCC2)cc1)c1ccc2c(c1)SCC(C)(C)CS2. The number of morpholine rings is 1. The summed E-state index contributed by atoms with van der Waals surface area (Å²) in [6.07, 6.45) is 2.26. The van der Waals surface area contributed by atoms with E-state index in [2.05, 4.69) is 74.2 Å². The van der Waals surface area contributed by atoms with Gasteiger partial charge in [0.25, 0.3) is 0 Å². The Balaban J connectivity index is 1.35. The molecule has 2 aromatic rings. The van der Waals surface area contributed by atoms with Crippen molar-refractivity contribution in [3.8, 4) is 5.75 Å². The molecule has 0 aliphatic carbocycles. The molecule has 166 valence electrons. The van der Waals surface area contributed by atoms with E-state index in [9.17, 15) is 0 Å². The summed E-state index contributed by atoms with van der Waals surface area (Å²) >= 11 is 3.99. The highest BCUT2D eigenvalue weighted by molar-refractivity contribution is 8.03. The Labute approximate surface area is 195 Å². The maximum atomic E-state index is 5.94. The summed E-state index contributed by atoms with van der Waals surface area (Å²) in [4.78, 5) is 5.23. The number of fused-ring (bicyclic) bond motifs is 1. The quantitative estimate of drug-likeness (QED) is 0.484. The van der Waals surface area contributed by atoms with E-state index >= 15 is 0 Å². The highest BCUT2D eigenvalue weighted by atomic mass is 32.2. The maximum Gasteiger partial charge on any atom is 0.119 e. The lowest BCUT2D eigenvalue weighted by Gasteiger charge is -2.26. The summed E-state index contributed by atoms with van der Waals surface area (Å²) in [5, 5.41) is 0. The van der Waals surface area contributed by atoms with Crippen LogP contribution in [-0.2, 0) is 4.74 Å². The van der Waals surface area contributed by atoms with Crippen LogP contribution in [0.3, 0.4) is 0 Å². The average molecular weight is 456 g/mol. The summed E-state index contributed by atoms with van der Waals surface area (Å²) in [6, 6.07) is 15.4. The fraction of sp³-hybridized carbons (Fsp3) is 0.462. The molecular formula is C26H33NO2S2. The molecule has 0 atom stereocenters. The Morgan fingerprint density at radius 3 is 2.48 bits per heavy atom. The first-order valence-corrected chi connectivity index (χ1v) is 13.1. The van der Waals surface area contributed by atoms with E-state index in [-0.39, 0.29) is 0 Å². The molecule has 0 N–H and O–H groups in total. The Morgan fingerprint density at radius 2 is 1.74 bits per heavy atom. The first-order chi connectivity index (χ1) is 15.0. The number of nitrogens with zero attached hydrogens (tertiary/aromatic N) is 1. The average Bonchev–Trinajstić information content (AvgIpc) is 2.93. The van der Waals surface area contributed by atoms with E-state index in [0.29, 0.717) is 5.41 Å². The van der Waals surface area contributed by atoms with Gasteiger partial charge in [-0.2, -0.15) is 0 Å². The second-order valence-electron chi connectivity index (χ2n) is 9.10. The molecule has 31 heavy (non-hydrogen) atoms. The largest absolute Gasteiger partial charge is 0.492 e. The van der Waals surface area contributed by atoms with E-state index in [0.717, 1.165) is 45.2 Å². The summed E-state index contributed by atoms with van der Waals surface area (Å²) in [5.41, 5.74) is 4.18. The van der Waals surface area contributed by atoms with Crippen LogP contribution in [0.15, 0.2) is 52.3 Å². The Hall–Kier alpha value is -1.40. The third-order valence-corrected chi connectivity index (χ3v) is 8.98. The standard InChI is InChI=1S/C26H33NO2S2/c1-20(22-6-9-24-25(17-22)31-19-26(2,3)18-30-24)16-21-4-7-23(8-5-21)29-15-12-27-10-13-28-14-11-27/h4-9,16-17H,10-15,18-19H2,1-3H3. The summed E-state index contributed by atoms with van der Waals surface area (Å²) < 4.78 is 11.3. The molecular weight excluding hydrogens is 422 g/mol. The van der Waals surface area contributed by atoms with Gasteiger partial charge in [0.05, 0.1) is 13.2 Å². The van der Waals surface area contributed by atoms with Crippen LogP contribution in [0.5, 0.6) is 5.75 Å². The fourth-order valence-corrected chi connectivity index (χ4v) is 6.25. The minimum atomic E-state index is 0.380. The number of ether oxygens (including phenoxy) is 2. The molecule has 2 aromatic carbocycles. The molecule has 0 unspecified atom stereocenters. The predicted octanol–water partition coefficient (Wildman–Crippen LogP) is 6.18. The van der Waals surface area contributed by atoms with Gasteiger partial charge in [-0.15, -0.1) is 23.5 Å². The molecule has 4 rings (SSSR count). The predicted molar refractivity (Wildman–Crippen MR) is 134 cm³/mol. The molecule has 0 bridgehead atoms. The van der Waals surface area contributed by atoms with Crippen LogP contribution < -0.4 is 4.74 Å². The van der Waals surface area contributed by atoms with E-state index in [1.807, 2.05) is 23.5 Å². The molecule has 2 heterocycles. The van der Waals surface area contributed by atoms with Gasteiger partial charge in [-0.25, -0.2) is 0 Å². The van der Waals surface area contributed by atoms with Crippen LogP contribution >= 0.6 is 23.5 Å². The van der Waals surface area contributed by atoms with Crippen molar-refractivity contribution in [3.05, 3.63) is 53.6 Å². The van der Waals surface area contributed by atoms with Gasteiger partial charge in [0.2, 0.25) is 0 Å². The van der Waals surface area contributed by atoms with Gasteiger partial charge in [-0.1, -0.05) is 38.1 Å². The number of hydrogen-bond donors (Lipinski definition) is 0. The number of rotatable bonds is 6. The molecule has 3 nitrogen and oxygen atoms in total. The van der Waals surface area contributed by atoms with E-state index in [1.165, 1.54) is 38.0 Å². The molecule has 0 spiro atoms. The molecule has 5 heteroatoms. The summed E-state index contributed by atoms with van der Waals surface area (Å²) in [7, 11) is 0. The number of allylic oxidation sites excluding steroid dienone is 1. The number of hydrogen-bond acceptors (Lipinski definition) is 5. The summed E-state index contributed by atoms with van der Waals surface area (Å²) in [6.45, 7) is 12.3. The first-order valence-electron chi connectivity index (χ1n) is 11.1. The molecule has 1 saturated heterocycles. The molecule has 1 fully saturated rings. The van der Waals surface area contributed by atoms with Gasteiger partial charge in [-0.3, -0.25) is 4.90 Å². The van der Waals surface area contributed by atoms with Crippen molar-refractivity contribution in [2.45, 2.75) is 30.6 Å². The molecule has 0 radical (unpaired) electrons. The van der Waals surface area contributed by atoms with E-state index < -0.39 is 0 Å². The molecule has 2 aliphatic heterocycles. The van der Waals surface area contributed by atoms with Crippen molar-refractivity contribution in [2.75, 3.05) is 51.0 Å². The number of benzene rings is 2. The van der Waals surface area contributed by atoms with Crippen molar-refractivity contribution in [1.29, 1.82) is 0 Å². The zero-order valence-corrected chi connectivity index (χ0v) is 20.5. The van der Waals surface area contributed by atoms with Crippen LogP contribution in [0.1, 0.15) is 31.9 Å². The van der Waals surface area contributed by atoms with Gasteiger partial charge in [0.15, 0.2) is 0 Å².